The highest BCUT2D eigenvalue weighted by atomic mass is 32.2. The SMILES string of the molecule is CSCC[C@H](NC(=O)[C@H](CO)NC(=O)[C@H](CO)NC(=O)[C@@H]1CCCN1C(=O)[C@H](CC(=O)O)NC(=O)[C@@H](N)CCSC)C(=O)N[C@@H](CC(C)C)C(=O)O. The number of hydrogen-bond acceptors (Lipinski definition) is 13. The third-order valence-corrected chi connectivity index (χ3v) is 9.29. The van der Waals surface area contributed by atoms with E-state index in [0.29, 0.717) is 17.9 Å². The number of aliphatic hydroxyl groups excluding tert-OH is 2. The Labute approximate surface area is 310 Å². The number of carboxylic acids is 2. The van der Waals surface area contributed by atoms with Gasteiger partial charge in [0.05, 0.1) is 25.7 Å². The first-order valence-corrected chi connectivity index (χ1v) is 19.5. The zero-order valence-corrected chi connectivity index (χ0v) is 31.4. The van der Waals surface area contributed by atoms with Crippen LogP contribution in [0.3, 0.4) is 0 Å². The number of carbonyl (C=O) groups is 8. The first-order chi connectivity index (χ1) is 24.5. The molecule has 0 radical (unpaired) electrons. The second-order valence-electron chi connectivity index (χ2n) is 12.6. The molecular weight excluding hydrogens is 727 g/mol. The van der Waals surface area contributed by atoms with Gasteiger partial charge in [0.15, 0.2) is 0 Å². The number of hydrogen-bond donors (Lipinski definition) is 10. The molecule has 1 saturated heterocycles. The van der Waals surface area contributed by atoms with Crippen LogP contribution in [0.15, 0.2) is 0 Å². The molecule has 0 saturated carbocycles. The largest absolute Gasteiger partial charge is 0.481 e. The summed E-state index contributed by atoms with van der Waals surface area (Å²) in [6.07, 6.45) is 3.72. The molecule has 0 bridgehead atoms. The number of aliphatic carboxylic acids is 2. The molecule has 0 unspecified atom stereocenters. The van der Waals surface area contributed by atoms with E-state index in [0.717, 1.165) is 4.90 Å². The number of likely N-dealkylation sites (tertiary alicyclic amines) is 1. The number of aliphatic hydroxyl groups is 2. The van der Waals surface area contributed by atoms with E-state index in [1.54, 1.807) is 20.1 Å². The molecule has 0 aliphatic carbocycles. The third-order valence-electron chi connectivity index (χ3n) is 8.00. The molecule has 1 rings (SSSR count). The van der Waals surface area contributed by atoms with E-state index in [4.69, 9.17) is 5.73 Å². The molecule has 1 aliphatic rings. The molecule has 52 heavy (non-hydrogen) atoms. The Morgan fingerprint density at radius 1 is 0.731 bits per heavy atom. The lowest BCUT2D eigenvalue weighted by atomic mass is 10.0. The van der Waals surface area contributed by atoms with Gasteiger partial charge in [-0.3, -0.25) is 33.6 Å². The molecule has 0 aromatic carbocycles. The maximum atomic E-state index is 13.4. The van der Waals surface area contributed by atoms with Crippen molar-refractivity contribution in [2.24, 2.45) is 11.7 Å². The predicted molar refractivity (Wildman–Crippen MR) is 192 cm³/mol. The normalized spacial score (nSPS) is 17.5. The molecule has 296 valence electrons. The molecule has 19 nitrogen and oxygen atoms in total. The van der Waals surface area contributed by atoms with Crippen molar-refractivity contribution >= 4 is 70.9 Å². The highest BCUT2D eigenvalue weighted by Crippen LogP contribution is 2.20. The van der Waals surface area contributed by atoms with Crippen LogP contribution in [-0.4, -0.2) is 159 Å². The van der Waals surface area contributed by atoms with Gasteiger partial charge in [-0.05, 0) is 62.0 Å². The second-order valence-corrected chi connectivity index (χ2v) is 14.6. The zero-order chi connectivity index (χ0) is 39.5. The van der Waals surface area contributed by atoms with Crippen molar-refractivity contribution in [2.75, 3.05) is 43.8 Å². The number of nitrogens with one attached hydrogen (secondary N) is 5. The third kappa shape index (κ3) is 15.5. The standard InChI is InChI=1S/C31H53N7O12S2/c1-16(2)12-20(31(49)50)35-26(44)18(8-11-52-4)33-27(45)21(14-39)36-28(46)22(15-40)37-29(47)23-6-5-9-38(23)30(48)19(13-24(41)42)34-25(43)17(32)7-10-51-3/h16-23,39-40H,5-15,32H2,1-4H3,(H,33,45)(H,34,43)(H,35,44)(H,36,46)(H,37,47)(H,41,42)(H,49,50)/t17-,18-,19-,20-,21-,22-,23-/m0/s1. The number of nitrogens with two attached hydrogens (primary N) is 1. The molecule has 1 heterocycles. The van der Waals surface area contributed by atoms with Crippen molar-refractivity contribution in [3.05, 3.63) is 0 Å². The first-order valence-electron chi connectivity index (χ1n) is 16.7. The summed E-state index contributed by atoms with van der Waals surface area (Å²) < 4.78 is 0. The van der Waals surface area contributed by atoms with Crippen LogP contribution in [0.4, 0.5) is 0 Å². The van der Waals surface area contributed by atoms with Gasteiger partial charge in [0.25, 0.3) is 0 Å². The van der Waals surface area contributed by atoms with Gasteiger partial charge in [-0.25, -0.2) is 4.79 Å². The molecule has 0 aromatic heterocycles. The summed E-state index contributed by atoms with van der Waals surface area (Å²) in [5.41, 5.74) is 5.87. The van der Waals surface area contributed by atoms with Crippen molar-refractivity contribution in [1.29, 1.82) is 0 Å². The van der Waals surface area contributed by atoms with E-state index in [1.165, 1.54) is 23.5 Å². The summed E-state index contributed by atoms with van der Waals surface area (Å²) in [5, 5.41) is 50.5. The highest BCUT2D eigenvalue weighted by Gasteiger charge is 2.40. The van der Waals surface area contributed by atoms with Crippen LogP contribution in [0.2, 0.25) is 0 Å². The zero-order valence-electron chi connectivity index (χ0n) is 29.8. The predicted octanol–water partition coefficient (Wildman–Crippen LogP) is -3.18. The number of rotatable bonds is 24. The van der Waals surface area contributed by atoms with Gasteiger partial charge < -0.3 is 57.6 Å². The Balaban J connectivity index is 3.02. The molecule has 11 N–H and O–H groups in total. The summed E-state index contributed by atoms with van der Waals surface area (Å²) in [7, 11) is 0. The molecule has 0 aromatic rings. The molecule has 6 amide bonds. The quantitative estimate of drug-likeness (QED) is 0.0462. The fraction of sp³-hybridized carbons (Fsp3) is 0.742. The van der Waals surface area contributed by atoms with Crippen molar-refractivity contribution in [3.8, 4) is 0 Å². The fourth-order valence-electron chi connectivity index (χ4n) is 5.20. The minimum absolute atomic E-state index is 0.0279. The maximum absolute atomic E-state index is 13.4. The van der Waals surface area contributed by atoms with Gasteiger partial charge in [0, 0.05) is 6.54 Å². The minimum atomic E-state index is -1.67. The van der Waals surface area contributed by atoms with E-state index >= 15 is 0 Å². The monoisotopic (exact) mass is 779 g/mol. The van der Waals surface area contributed by atoms with E-state index in [9.17, 15) is 58.8 Å². The Kier molecular flexibility index (Phi) is 21.2. The lowest BCUT2D eigenvalue weighted by molar-refractivity contribution is -0.146. The molecule has 1 aliphatic heterocycles. The van der Waals surface area contributed by atoms with Gasteiger partial charge in [-0.15, -0.1) is 0 Å². The Hall–Kier alpha value is -3.66. The average Bonchev–Trinajstić information content (AvgIpc) is 3.58. The molecule has 21 heteroatoms. The fourth-order valence-corrected chi connectivity index (χ4v) is 6.16. The van der Waals surface area contributed by atoms with Gasteiger partial charge in [0.2, 0.25) is 35.4 Å². The average molecular weight is 780 g/mol. The van der Waals surface area contributed by atoms with Crippen LogP contribution in [0.5, 0.6) is 0 Å². The Bertz CT molecular complexity index is 1260. The Morgan fingerprint density at radius 3 is 1.75 bits per heavy atom. The number of thioether (sulfide) groups is 2. The van der Waals surface area contributed by atoms with Gasteiger partial charge in [0.1, 0.15) is 36.3 Å². The number of carboxylic acid groups (broad SMARTS) is 2. The van der Waals surface area contributed by atoms with Crippen LogP contribution in [-0.2, 0) is 38.4 Å². The van der Waals surface area contributed by atoms with Crippen molar-refractivity contribution in [2.45, 2.75) is 94.7 Å². The summed E-state index contributed by atoms with van der Waals surface area (Å²) in [6, 6.07) is -9.50. The maximum Gasteiger partial charge on any atom is 0.326 e. The van der Waals surface area contributed by atoms with Crippen LogP contribution >= 0.6 is 23.5 Å². The summed E-state index contributed by atoms with van der Waals surface area (Å²) in [4.78, 5) is 103. The molecule has 1 fully saturated rings. The number of amides is 6. The van der Waals surface area contributed by atoms with E-state index in [-0.39, 0.29) is 38.1 Å². The summed E-state index contributed by atoms with van der Waals surface area (Å²) >= 11 is 2.81. The molecule has 0 spiro atoms. The van der Waals surface area contributed by atoms with E-state index in [2.05, 4.69) is 26.6 Å². The smallest absolute Gasteiger partial charge is 0.326 e. The molecule has 7 atom stereocenters. The van der Waals surface area contributed by atoms with Crippen molar-refractivity contribution in [3.63, 3.8) is 0 Å². The van der Waals surface area contributed by atoms with Gasteiger partial charge in [-0.1, -0.05) is 13.8 Å². The van der Waals surface area contributed by atoms with Crippen molar-refractivity contribution in [1.82, 2.24) is 31.5 Å². The second kappa shape index (κ2) is 23.8. The lowest BCUT2D eigenvalue weighted by Crippen LogP contribution is -2.61. The number of carbonyl (C=O) groups excluding carboxylic acids is 6. The van der Waals surface area contributed by atoms with Crippen molar-refractivity contribution < 1.29 is 58.8 Å². The summed E-state index contributed by atoms with van der Waals surface area (Å²) in [6.45, 7) is 1.67. The summed E-state index contributed by atoms with van der Waals surface area (Å²) in [5.74, 6) is -7.11. The van der Waals surface area contributed by atoms with Crippen LogP contribution < -0.4 is 32.3 Å². The van der Waals surface area contributed by atoms with Crippen LogP contribution in [0.25, 0.3) is 0 Å². The van der Waals surface area contributed by atoms with Gasteiger partial charge >= 0.3 is 11.9 Å². The van der Waals surface area contributed by atoms with E-state index < -0.39 is 109 Å². The van der Waals surface area contributed by atoms with Crippen LogP contribution in [0, 0.1) is 5.92 Å². The molecular formula is C31H53N7O12S2. The number of nitrogens with zero attached hydrogens (tertiary/aromatic N) is 1. The highest BCUT2D eigenvalue weighted by molar-refractivity contribution is 7.98. The first kappa shape index (κ1) is 46.4. The lowest BCUT2D eigenvalue weighted by Gasteiger charge is -2.30. The minimum Gasteiger partial charge on any atom is -0.481 e. The van der Waals surface area contributed by atoms with E-state index in [1.807, 2.05) is 6.26 Å². The van der Waals surface area contributed by atoms with Crippen LogP contribution in [0.1, 0.15) is 52.4 Å². The topological polar surface area (TPSA) is 307 Å². The Morgan fingerprint density at radius 2 is 1.23 bits per heavy atom. The van der Waals surface area contributed by atoms with Gasteiger partial charge in [-0.2, -0.15) is 23.5 Å².